The molecule has 1 atom stereocenters. The fraction of sp³-hybridized carbons (Fsp3) is 0.444. The van der Waals surface area contributed by atoms with Crippen LogP contribution in [0.15, 0.2) is 36.8 Å². The lowest BCUT2D eigenvalue weighted by molar-refractivity contribution is 0.0705. The highest BCUT2D eigenvalue weighted by molar-refractivity contribution is 5.94. The van der Waals surface area contributed by atoms with Gasteiger partial charge in [0.05, 0.1) is 12.2 Å². The summed E-state index contributed by atoms with van der Waals surface area (Å²) in [6.45, 7) is 2.33. The third-order valence-corrected chi connectivity index (χ3v) is 4.52. The van der Waals surface area contributed by atoms with Gasteiger partial charge in [0.25, 0.3) is 5.91 Å². The Hall–Kier alpha value is -2.34. The first kappa shape index (κ1) is 15.2. The Balaban J connectivity index is 1.50. The standard InChI is InChI=1S/C18H20N4O2/c23-18(22(15-4-5-15)11-13-6-8-24-12-13)14-9-20-17(21-10-14)16-3-1-2-7-19-16/h1-3,7,9-10,13,15H,4-6,8,11-12H2. The number of carbonyl (C=O) groups excluding carboxylic acids is 1. The van der Waals surface area contributed by atoms with Crippen molar-refractivity contribution >= 4 is 5.91 Å². The van der Waals surface area contributed by atoms with E-state index >= 15 is 0 Å². The number of nitrogens with zero attached hydrogens (tertiary/aromatic N) is 4. The number of aromatic nitrogens is 3. The molecule has 2 aromatic rings. The molecule has 6 heteroatoms. The maximum atomic E-state index is 12.9. The summed E-state index contributed by atoms with van der Waals surface area (Å²) < 4.78 is 5.44. The predicted molar refractivity (Wildman–Crippen MR) is 88.2 cm³/mol. The van der Waals surface area contributed by atoms with Crippen molar-refractivity contribution in [3.05, 3.63) is 42.4 Å². The molecular formula is C18H20N4O2. The molecule has 1 unspecified atom stereocenters. The molecule has 1 aliphatic carbocycles. The van der Waals surface area contributed by atoms with Gasteiger partial charge in [-0.05, 0) is 31.4 Å². The fourth-order valence-electron chi connectivity index (χ4n) is 3.02. The molecule has 1 amide bonds. The van der Waals surface area contributed by atoms with Crippen LogP contribution in [0.25, 0.3) is 11.5 Å². The average molecular weight is 324 g/mol. The normalized spacial score (nSPS) is 20.1. The largest absolute Gasteiger partial charge is 0.381 e. The van der Waals surface area contributed by atoms with Gasteiger partial charge < -0.3 is 9.64 Å². The van der Waals surface area contributed by atoms with Crippen molar-refractivity contribution < 1.29 is 9.53 Å². The van der Waals surface area contributed by atoms with E-state index in [9.17, 15) is 4.79 Å². The molecule has 6 nitrogen and oxygen atoms in total. The number of pyridine rings is 1. The first-order valence-corrected chi connectivity index (χ1v) is 8.43. The molecule has 0 bridgehead atoms. The molecule has 124 valence electrons. The Morgan fingerprint density at radius 2 is 2.00 bits per heavy atom. The Morgan fingerprint density at radius 3 is 2.62 bits per heavy atom. The maximum Gasteiger partial charge on any atom is 0.257 e. The van der Waals surface area contributed by atoms with Crippen molar-refractivity contribution in [3.63, 3.8) is 0 Å². The van der Waals surface area contributed by atoms with Crippen molar-refractivity contribution in [2.45, 2.75) is 25.3 Å². The fourth-order valence-corrected chi connectivity index (χ4v) is 3.02. The van der Waals surface area contributed by atoms with Crippen LogP contribution in [0.4, 0.5) is 0 Å². The number of ether oxygens (including phenoxy) is 1. The summed E-state index contributed by atoms with van der Waals surface area (Å²) in [5, 5.41) is 0. The van der Waals surface area contributed by atoms with Crippen molar-refractivity contribution in [1.29, 1.82) is 0 Å². The Bertz CT molecular complexity index is 695. The van der Waals surface area contributed by atoms with Crippen LogP contribution in [-0.4, -0.2) is 51.6 Å². The van der Waals surface area contributed by atoms with Gasteiger partial charge in [0.15, 0.2) is 5.82 Å². The van der Waals surface area contributed by atoms with E-state index in [2.05, 4.69) is 15.0 Å². The lowest BCUT2D eigenvalue weighted by atomic mass is 10.1. The molecule has 24 heavy (non-hydrogen) atoms. The van der Waals surface area contributed by atoms with Gasteiger partial charge in [-0.3, -0.25) is 9.78 Å². The molecule has 0 N–H and O–H groups in total. The summed E-state index contributed by atoms with van der Waals surface area (Å²) in [5.41, 5.74) is 1.25. The van der Waals surface area contributed by atoms with Crippen molar-refractivity contribution in [3.8, 4) is 11.5 Å². The first-order chi connectivity index (χ1) is 11.8. The van der Waals surface area contributed by atoms with Crippen LogP contribution in [0.2, 0.25) is 0 Å². The van der Waals surface area contributed by atoms with Crippen molar-refractivity contribution in [2.75, 3.05) is 19.8 Å². The zero-order valence-corrected chi connectivity index (χ0v) is 13.5. The SMILES string of the molecule is O=C(c1cnc(-c2ccccn2)nc1)N(CC1CCOC1)C1CC1. The molecular weight excluding hydrogens is 304 g/mol. The van der Waals surface area contributed by atoms with Gasteiger partial charge >= 0.3 is 0 Å². The molecule has 0 radical (unpaired) electrons. The maximum absolute atomic E-state index is 12.9. The highest BCUT2D eigenvalue weighted by Crippen LogP contribution is 2.30. The molecule has 0 spiro atoms. The second kappa shape index (κ2) is 6.65. The van der Waals surface area contributed by atoms with E-state index in [0.717, 1.165) is 39.0 Å². The molecule has 0 aromatic carbocycles. The average Bonchev–Trinajstić information content (AvgIpc) is 3.36. The molecule has 4 rings (SSSR count). The van der Waals surface area contributed by atoms with E-state index in [1.165, 1.54) is 0 Å². The van der Waals surface area contributed by atoms with Gasteiger partial charge in [0.2, 0.25) is 0 Å². The van der Waals surface area contributed by atoms with Crippen LogP contribution in [0.3, 0.4) is 0 Å². The second-order valence-corrected chi connectivity index (χ2v) is 6.43. The zero-order valence-electron chi connectivity index (χ0n) is 13.5. The van der Waals surface area contributed by atoms with Crippen LogP contribution in [-0.2, 0) is 4.74 Å². The molecule has 2 aromatic heterocycles. The quantitative estimate of drug-likeness (QED) is 0.843. The second-order valence-electron chi connectivity index (χ2n) is 6.43. The van der Waals surface area contributed by atoms with Crippen molar-refractivity contribution in [1.82, 2.24) is 19.9 Å². The predicted octanol–water partition coefficient (Wildman–Crippen LogP) is 2.18. The minimum atomic E-state index is 0.0250. The topological polar surface area (TPSA) is 68.2 Å². The molecule has 1 saturated heterocycles. The van der Waals surface area contributed by atoms with Crippen LogP contribution in [0.1, 0.15) is 29.6 Å². The van der Waals surface area contributed by atoms with E-state index < -0.39 is 0 Å². The highest BCUT2D eigenvalue weighted by Gasteiger charge is 2.35. The molecule has 1 aliphatic heterocycles. The first-order valence-electron chi connectivity index (χ1n) is 8.43. The van der Waals surface area contributed by atoms with Gasteiger partial charge in [0, 0.05) is 43.7 Å². The van der Waals surface area contributed by atoms with Gasteiger partial charge in [-0.2, -0.15) is 0 Å². The van der Waals surface area contributed by atoms with E-state index in [1.54, 1.807) is 18.6 Å². The number of hydrogen-bond donors (Lipinski definition) is 0. The molecule has 2 fully saturated rings. The monoisotopic (exact) mass is 324 g/mol. The van der Waals surface area contributed by atoms with Crippen LogP contribution in [0, 0.1) is 5.92 Å². The van der Waals surface area contributed by atoms with Crippen LogP contribution >= 0.6 is 0 Å². The lowest BCUT2D eigenvalue weighted by Gasteiger charge is -2.25. The minimum absolute atomic E-state index is 0.0250. The summed E-state index contributed by atoms with van der Waals surface area (Å²) in [5.74, 6) is 1.01. The van der Waals surface area contributed by atoms with Crippen molar-refractivity contribution in [2.24, 2.45) is 5.92 Å². The van der Waals surface area contributed by atoms with E-state index in [4.69, 9.17) is 4.74 Å². The van der Waals surface area contributed by atoms with Crippen LogP contribution in [0.5, 0.6) is 0 Å². The number of hydrogen-bond acceptors (Lipinski definition) is 5. The molecule has 1 saturated carbocycles. The minimum Gasteiger partial charge on any atom is -0.381 e. The van der Waals surface area contributed by atoms with Gasteiger partial charge in [-0.1, -0.05) is 6.07 Å². The third kappa shape index (κ3) is 3.28. The van der Waals surface area contributed by atoms with Crippen LogP contribution < -0.4 is 0 Å². The number of carbonyl (C=O) groups is 1. The Labute approximate surface area is 140 Å². The zero-order chi connectivity index (χ0) is 16.4. The summed E-state index contributed by atoms with van der Waals surface area (Å²) in [4.78, 5) is 27.7. The van der Waals surface area contributed by atoms with Gasteiger partial charge in [-0.25, -0.2) is 9.97 Å². The highest BCUT2D eigenvalue weighted by atomic mass is 16.5. The summed E-state index contributed by atoms with van der Waals surface area (Å²) in [6, 6.07) is 5.96. The Kier molecular flexibility index (Phi) is 4.21. The summed E-state index contributed by atoms with van der Waals surface area (Å²) >= 11 is 0. The summed E-state index contributed by atoms with van der Waals surface area (Å²) in [7, 11) is 0. The lowest BCUT2D eigenvalue weighted by Crippen LogP contribution is -2.37. The van der Waals surface area contributed by atoms with Gasteiger partial charge in [0.1, 0.15) is 5.69 Å². The molecule has 3 heterocycles. The smallest absolute Gasteiger partial charge is 0.257 e. The Morgan fingerprint density at radius 1 is 1.17 bits per heavy atom. The third-order valence-electron chi connectivity index (χ3n) is 4.52. The molecule has 2 aliphatic rings. The van der Waals surface area contributed by atoms with E-state index in [1.807, 2.05) is 23.1 Å². The van der Waals surface area contributed by atoms with Gasteiger partial charge in [-0.15, -0.1) is 0 Å². The van der Waals surface area contributed by atoms with E-state index in [0.29, 0.717) is 29.0 Å². The number of amides is 1. The number of rotatable bonds is 5. The summed E-state index contributed by atoms with van der Waals surface area (Å²) in [6.07, 6.45) is 8.14. The van der Waals surface area contributed by atoms with E-state index in [-0.39, 0.29) is 5.91 Å².